The number of carbonyl (C=O) groups excluding carboxylic acids is 2. The second-order valence-electron chi connectivity index (χ2n) is 5.82. The Morgan fingerprint density at radius 3 is 2.78 bits per heavy atom. The molecular weight excluding hydrogens is 299 g/mol. The van der Waals surface area contributed by atoms with E-state index in [0.29, 0.717) is 5.92 Å². The van der Waals surface area contributed by atoms with Crippen molar-refractivity contribution in [1.29, 1.82) is 5.26 Å². The van der Waals surface area contributed by atoms with Crippen LogP contribution in [0.1, 0.15) is 48.5 Å². The maximum atomic E-state index is 13.7. The van der Waals surface area contributed by atoms with Gasteiger partial charge in [-0.3, -0.25) is 4.79 Å². The van der Waals surface area contributed by atoms with Crippen LogP contribution in [0, 0.1) is 23.1 Å². The van der Waals surface area contributed by atoms with Crippen LogP contribution in [-0.2, 0) is 9.53 Å². The molecule has 0 radical (unpaired) electrons. The molecule has 122 valence electrons. The molecule has 0 aromatic heterocycles. The summed E-state index contributed by atoms with van der Waals surface area (Å²) < 4.78 is 18.5. The van der Waals surface area contributed by atoms with Crippen molar-refractivity contribution in [3.05, 3.63) is 35.1 Å². The molecule has 0 unspecified atom stereocenters. The predicted molar refractivity (Wildman–Crippen MR) is 81.0 cm³/mol. The van der Waals surface area contributed by atoms with Crippen LogP contribution >= 0.6 is 0 Å². The number of esters is 1. The topological polar surface area (TPSA) is 79.2 Å². The molecule has 0 bridgehead atoms. The zero-order valence-corrected chi connectivity index (χ0v) is 13.0. The molecule has 5 nitrogen and oxygen atoms in total. The van der Waals surface area contributed by atoms with Crippen LogP contribution in [0.5, 0.6) is 0 Å². The lowest BCUT2D eigenvalue weighted by atomic mass is 9.86. The summed E-state index contributed by atoms with van der Waals surface area (Å²) in [5.74, 6) is -1.74. The quantitative estimate of drug-likeness (QED) is 0.865. The summed E-state index contributed by atoms with van der Waals surface area (Å²) in [4.78, 5) is 23.7. The van der Waals surface area contributed by atoms with Crippen LogP contribution in [0.25, 0.3) is 0 Å². The van der Waals surface area contributed by atoms with E-state index in [-0.39, 0.29) is 23.1 Å². The third kappa shape index (κ3) is 4.52. The highest BCUT2D eigenvalue weighted by atomic mass is 19.1. The molecule has 2 rings (SSSR count). The van der Waals surface area contributed by atoms with Crippen LogP contribution in [0.3, 0.4) is 0 Å². The summed E-state index contributed by atoms with van der Waals surface area (Å²) in [5.41, 5.74) is -0.175. The Balaban J connectivity index is 1.86. The Labute approximate surface area is 134 Å². The van der Waals surface area contributed by atoms with Gasteiger partial charge in [0.2, 0.25) is 0 Å². The highest BCUT2D eigenvalue weighted by molar-refractivity contribution is 5.91. The summed E-state index contributed by atoms with van der Waals surface area (Å²) in [6.07, 6.45) is 4.23. The summed E-state index contributed by atoms with van der Waals surface area (Å²) in [7, 11) is 0. The van der Waals surface area contributed by atoms with Crippen molar-refractivity contribution in [2.24, 2.45) is 5.92 Å². The van der Waals surface area contributed by atoms with E-state index in [4.69, 9.17) is 10.00 Å². The molecule has 1 amide bonds. The third-order valence-electron chi connectivity index (χ3n) is 4.11. The average molecular weight is 318 g/mol. The number of rotatable bonds is 4. The van der Waals surface area contributed by atoms with Gasteiger partial charge in [-0.2, -0.15) is 5.26 Å². The number of hydrogen-bond donors (Lipinski definition) is 1. The Hall–Kier alpha value is -2.42. The molecule has 1 N–H and O–H groups in total. The monoisotopic (exact) mass is 318 g/mol. The molecule has 0 spiro atoms. The highest BCUT2D eigenvalue weighted by Crippen LogP contribution is 2.23. The van der Waals surface area contributed by atoms with E-state index in [1.807, 2.05) is 0 Å². The fourth-order valence-electron chi connectivity index (χ4n) is 2.74. The average Bonchev–Trinajstić information content (AvgIpc) is 2.54. The molecule has 2 atom stereocenters. The van der Waals surface area contributed by atoms with E-state index < -0.39 is 18.4 Å². The smallest absolute Gasteiger partial charge is 0.341 e. The van der Waals surface area contributed by atoms with Gasteiger partial charge < -0.3 is 10.1 Å². The van der Waals surface area contributed by atoms with Crippen LogP contribution in [0.4, 0.5) is 4.39 Å². The van der Waals surface area contributed by atoms with Gasteiger partial charge in [-0.25, -0.2) is 9.18 Å². The van der Waals surface area contributed by atoms with Gasteiger partial charge >= 0.3 is 5.97 Å². The lowest BCUT2D eigenvalue weighted by Gasteiger charge is -2.29. The SMILES string of the molecule is C[C@@H]1CCCC[C@H]1NC(=O)COC(=O)c1ccc(C#N)cc1F. The number of nitriles is 1. The van der Waals surface area contributed by atoms with Crippen molar-refractivity contribution in [1.82, 2.24) is 5.32 Å². The van der Waals surface area contributed by atoms with Crippen molar-refractivity contribution in [2.45, 2.75) is 38.6 Å². The standard InChI is InChI=1S/C17H19FN2O3/c1-11-4-2-3-5-15(11)20-16(21)10-23-17(22)13-7-6-12(9-19)8-14(13)18/h6-8,11,15H,2-5,10H2,1H3,(H,20,21)/t11-,15-/m1/s1. The van der Waals surface area contributed by atoms with Gasteiger partial charge in [-0.05, 0) is 37.0 Å². The van der Waals surface area contributed by atoms with Crippen LogP contribution in [0.15, 0.2) is 18.2 Å². The van der Waals surface area contributed by atoms with Gasteiger partial charge in [0, 0.05) is 6.04 Å². The molecular formula is C17H19FN2O3. The first-order valence-electron chi connectivity index (χ1n) is 7.67. The zero-order chi connectivity index (χ0) is 16.8. The molecule has 0 saturated heterocycles. The van der Waals surface area contributed by atoms with Gasteiger partial charge in [0.05, 0.1) is 17.2 Å². The predicted octanol–water partition coefficient (Wildman–Crippen LogP) is 2.55. The number of benzene rings is 1. The summed E-state index contributed by atoms with van der Waals surface area (Å²) >= 11 is 0. The molecule has 1 fully saturated rings. The molecule has 1 aromatic rings. The van der Waals surface area contributed by atoms with Crippen molar-refractivity contribution in [2.75, 3.05) is 6.61 Å². The molecule has 1 aromatic carbocycles. The fourth-order valence-corrected chi connectivity index (χ4v) is 2.74. The van der Waals surface area contributed by atoms with E-state index in [0.717, 1.165) is 25.3 Å². The normalized spacial score (nSPS) is 20.4. The molecule has 1 aliphatic rings. The number of nitrogens with one attached hydrogen (secondary N) is 1. The van der Waals surface area contributed by atoms with Crippen molar-refractivity contribution in [3.63, 3.8) is 0 Å². The Bertz CT molecular complexity index is 639. The highest BCUT2D eigenvalue weighted by Gasteiger charge is 2.23. The Kier molecular flexibility index (Phi) is 5.69. The van der Waals surface area contributed by atoms with E-state index in [9.17, 15) is 14.0 Å². The second-order valence-corrected chi connectivity index (χ2v) is 5.82. The minimum atomic E-state index is -0.918. The lowest BCUT2D eigenvalue weighted by molar-refractivity contribution is -0.125. The van der Waals surface area contributed by atoms with E-state index in [1.54, 1.807) is 6.07 Å². The third-order valence-corrected chi connectivity index (χ3v) is 4.11. The van der Waals surface area contributed by atoms with E-state index in [2.05, 4.69) is 12.2 Å². The van der Waals surface area contributed by atoms with Gasteiger partial charge in [0.1, 0.15) is 5.82 Å². The fraction of sp³-hybridized carbons (Fsp3) is 0.471. The molecule has 1 saturated carbocycles. The summed E-state index contributed by atoms with van der Waals surface area (Å²) in [6.45, 7) is 1.64. The van der Waals surface area contributed by atoms with E-state index >= 15 is 0 Å². The molecule has 0 heterocycles. The summed E-state index contributed by atoms with van der Waals surface area (Å²) in [6, 6.07) is 5.34. The van der Waals surface area contributed by atoms with Crippen LogP contribution in [0.2, 0.25) is 0 Å². The summed E-state index contributed by atoms with van der Waals surface area (Å²) in [5, 5.41) is 11.5. The van der Waals surface area contributed by atoms with Crippen molar-refractivity contribution < 1.29 is 18.7 Å². The number of nitrogens with zero attached hydrogens (tertiary/aromatic N) is 1. The maximum absolute atomic E-state index is 13.7. The Morgan fingerprint density at radius 1 is 1.39 bits per heavy atom. The largest absolute Gasteiger partial charge is 0.452 e. The van der Waals surface area contributed by atoms with Gasteiger partial charge in [0.15, 0.2) is 6.61 Å². The lowest BCUT2D eigenvalue weighted by Crippen LogP contribution is -2.42. The molecule has 1 aliphatic carbocycles. The second kappa shape index (κ2) is 7.73. The first-order chi connectivity index (χ1) is 11.0. The molecule has 0 aliphatic heterocycles. The zero-order valence-electron chi connectivity index (χ0n) is 13.0. The number of amides is 1. The van der Waals surface area contributed by atoms with Crippen molar-refractivity contribution in [3.8, 4) is 6.07 Å². The first kappa shape index (κ1) is 16.9. The van der Waals surface area contributed by atoms with Crippen LogP contribution < -0.4 is 5.32 Å². The minimum Gasteiger partial charge on any atom is -0.452 e. The number of halogens is 1. The molecule has 6 heteroatoms. The maximum Gasteiger partial charge on any atom is 0.341 e. The molecule has 23 heavy (non-hydrogen) atoms. The first-order valence-corrected chi connectivity index (χ1v) is 7.67. The number of hydrogen-bond acceptors (Lipinski definition) is 4. The number of ether oxygens (including phenoxy) is 1. The van der Waals surface area contributed by atoms with Crippen LogP contribution in [-0.4, -0.2) is 24.5 Å². The van der Waals surface area contributed by atoms with Gasteiger partial charge in [-0.15, -0.1) is 0 Å². The minimum absolute atomic E-state index is 0.0987. The number of carbonyl (C=O) groups is 2. The Morgan fingerprint density at radius 2 is 2.13 bits per heavy atom. The van der Waals surface area contributed by atoms with E-state index in [1.165, 1.54) is 18.6 Å². The van der Waals surface area contributed by atoms with Gasteiger partial charge in [0.25, 0.3) is 5.91 Å². The van der Waals surface area contributed by atoms with Gasteiger partial charge in [-0.1, -0.05) is 19.8 Å². The van der Waals surface area contributed by atoms with Crippen molar-refractivity contribution >= 4 is 11.9 Å².